The maximum atomic E-state index is 13.6. The molecule has 3 rings (SSSR count). The number of nitrogens with one attached hydrogen (secondary N) is 1. The molecule has 0 spiro atoms. The Morgan fingerprint density at radius 2 is 1.85 bits per heavy atom. The third-order valence-corrected chi connectivity index (χ3v) is 5.34. The van der Waals surface area contributed by atoms with Crippen molar-refractivity contribution in [2.45, 2.75) is 36.3 Å². The molecule has 1 aromatic heterocycles. The zero-order valence-electron chi connectivity index (χ0n) is 13.4. The molecule has 1 saturated carbocycles. The van der Waals surface area contributed by atoms with Gasteiger partial charge in [-0.05, 0) is 31.0 Å². The first-order valence-corrected chi connectivity index (χ1v) is 9.34. The van der Waals surface area contributed by atoms with Crippen molar-refractivity contribution in [3.63, 3.8) is 0 Å². The van der Waals surface area contributed by atoms with Crippen LogP contribution in [0.2, 0.25) is 0 Å². The van der Waals surface area contributed by atoms with E-state index in [1.165, 1.54) is 12.1 Å². The summed E-state index contributed by atoms with van der Waals surface area (Å²) in [4.78, 5) is 7.05. The second-order valence-corrected chi connectivity index (χ2v) is 7.68. The number of hydrogen-bond acceptors (Lipinski definition) is 4. The van der Waals surface area contributed by atoms with Crippen LogP contribution in [0.1, 0.15) is 36.0 Å². The monoisotopic (exact) mass is 389 g/mol. The summed E-state index contributed by atoms with van der Waals surface area (Å²) >= 11 is 0. The lowest BCUT2D eigenvalue weighted by Gasteiger charge is -2.11. The molecule has 1 fully saturated rings. The van der Waals surface area contributed by atoms with Crippen molar-refractivity contribution in [3.05, 3.63) is 53.4 Å². The fourth-order valence-electron chi connectivity index (χ4n) is 2.40. The van der Waals surface area contributed by atoms with Gasteiger partial charge in [-0.2, -0.15) is 13.2 Å². The normalized spacial score (nSPS) is 15.2. The largest absolute Gasteiger partial charge is 0.433 e. The van der Waals surface area contributed by atoms with Gasteiger partial charge in [0.1, 0.15) is 22.2 Å². The highest BCUT2D eigenvalue weighted by atomic mass is 32.2. The molecule has 2 aromatic rings. The predicted molar refractivity (Wildman–Crippen MR) is 84.3 cm³/mol. The van der Waals surface area contributed by atoms with Crippen LogP contribution in [-0.4, -0.2) is 24.9 Å². The van der Waals surface area contributed by atoms with E-state index in [2.05, 4.69) is 14.7 Å². The Kier molecular flexibility index (Phi) is 4.98. The smallest absolute Gasteiger partial charge is 0.238 e. The lowest BCUT2D eigenvalue weighted by Crippen LogP contribution is -2.27. The van der Waals surface area contributed by atoms with E-state index < -0.39 is 32.6 Å². The van der Waals surface area contributed by atoms with Crippen molar-refractivity contribution in [3.8, 4) is 0 Å². The summed E-state index contributed by atoms with van der Waals surface area (Å²) in [6, 6.07) is 5.76. The molecule has 1 aliphatic rings. The van der Waals surface area contributed by atoms with Crippen LogP contribution >= 0.6 is 0 Å². The van der Waals surface area contributed by atoms with Gasteiger partial charge >= 0.3 is 6.18 Å². The van der Waals surface area contributed by atoms with Gasteiger partial charge in [0, 0.05) is 24.6 Å². The topological polar surface area (TPSA) is 72.0 Å². The van der Waals surface area contributed by atoms with Crippen LogP contribution in [0.3, 0.4) is 0 Å². The summed E-state index contributed by atoms with van der Waals surface area (Å²) < 4.78 is 78.8. The maximum absolute atomic E-state index is 13.6. The highest BCUT2D eigenvalue weighted by Crippen LogP contribution is 2.40. The van der Waals surface area contributed by atoms with Crippen molar-refractivity contribution >= 4 is 10.0 Å². The van der Waals surface area contributed by atoms with E-state index in [-0.39, 0.29) is 24.7 Å². The van der Waals surface area contributed by atoms with Crippen LogP contribution in [-0.2, 0) is 22.6 Å². The maximum Gasteiger partial charge on any atom is 0.433 e. The van der Waals surface area contributed by atoms with Crippen LogP contribution < -0.4 is 4.72 Å². The molecule has 140 valence electrons. The first-order chi connectivity index (χ1) is 12.2. The number of nitrogens with zero attached hydrogens (tertiary/aromatic N) is 2. The van der Waals surface area contributed by atoms with Crippen molar-refractivity contribution in [1.29, 1.82) is 0 Å². The third-order valence-electron chi connectivity index (χ3n) is 3.85. The molecular weight excluding hydrogens is 374 g/mol. The highest BCUT2D eigenvalue weighted by Gasteiger charge is 2.35. The van der Waals surface area contributed by atoms with Crippen LogP contribution in [0.4, 0.5) is 17.6 Å². The summed E-state index contributed by atoms with van der Waals surface area (Å²) in [5, 5.41) is 0. The molecule has 26 heavy (non-hydrogen) atoms. The first kappa shape index (κ1) is 18.7. The fraction of sp³-hybridized carbons (Fsp3) is 0.375. The van der Waals surface area contributed by atoms with Gasteiger partial charge in [0.05, 0.1) is 0 Å². The molecule has 0 bridgehead atoms. The van der Waals surface area contributed by atoms with Gasteiger partial charge in [-0.15, -0.1) is 0 Å². The van der Waals surface area contributed by atoms with Gasteiger partial charge in [-0.1, -0.05) is 12.1 Å². The number of benzene rings is 1. The summed E-state index contributed by atoms with van der Waals surface area (Å²) in [5.41, 5.74) is -0.722. The Hall–Kier alpha value is -2.07. The molecule has 0 atom stereocenters. The Bertz CT molecular complexity index is 912. The second kappa shape index (κ2) is 6.92. The lowest BCUT2D eigenvalue weighted by molar-refractivity contribution is -0.141. The average Bonchev–Trinajstić information content (AvgIpc) is 3.39. The zero-order valence-corrected chi connectivity index (χ0v) is 14.2. The van der Waals surface area contributed by atoms with Gasteiger partial charge in [0.25, 0.3) is 0 Å². The van der Waals surface area contributed by atoms with Gasteiger partial charge in [-0.3, -0.25) is 0 Å². The van der Waals surface area contributed by atoms with Crippen LogP contribution in [0.15, 0.2) is 35.2 Å². The molecular formula is C16H15F4N3O2S. The lowest BCUT2D eigenvalue weighted by atomic mass is 10.2. The van der Waals surface area contributed by atoms with E-state index in [4.69, 9.17) is 0 Å². The number of halogens is 4. The van der Waals surface area contributed by atoms with Crippen LogP contribution in [0.5, 0.6) is 0 Å². The molecule has 1 heterocycles. The molecule has 0 saturated heterocycles. The van der Waals surface area contributed by atoms with Gasteiger partial charge in [-0.25, -0.2) is 27.5 Å². The SMILES string of the molecule is O=S(=O)(NCCc1nc(C2CC2)cc(C(F)(F)F)n1)c1ccccc1F. The van der Waals surface area contributed by atoms with E-state index in [1.807, 2.05) is 0 Å². The Morgan fingerprint density at radius 3 is 2.46 bits per heavy atom. The fourth-order valence-corrected chi connectivity index (χ4v) is 3.51. The average molecular weight is 389 g/mol. The molecule has 10 heteroatoms. The Labute approximate surface area is 147 Å². The van der Waals surface area contributed by atoms with Crippen molar-refractivity contribution in [2.24, 2.45) is 0 Å². The first-order valence-electron chi connectivity index (χ1n) is 7.86. The third kappa shape index (κ3) is 4.36. The van der Waals surface area contributed by atoms with Crippen LogP contribution in [0, 0.1) is 5.82 Å². The molecule has 0 unspecified atom stereocenters. The molecule has 5 nitrogen and oxygen atoms in total. The number of aromatic nitrogens is 2. The standard InChI is InChI=1S/C16H15F4N3O2S/c17-11-3-1-2-4-13(11)26(24,25)21-8-7-15-22-12(10-5-6-10)9-14(23-15)16(18,19)20/h1-4,9-10,21H,5-8H2. The zero-order chi connectivity index (χ0) is 18.9. The minimum Gasteiger partial charge on any atom is -0.238 e. The number of rotatable bonds is 6. The number of hydrogen-bond donors (Lipinski definition) is 1. The van der Waals surface area contributed by atoms with E-state index in [0.717, 1.165) is 31.0 Å². The minimum atomic E-state index is -4.60. The summed E-state index contributed by atoms with van der Waals surface area (Å²) in [6.07, 6.45) is -3.20. The molecule has 0 amide bonds. The summed E-state index contributed by atoms with van der Waals surface area (Å²) in [7, 11) is -4.12. The van der Waals surface area contributed by atoms with Gasteiger partial charge < -0.3 is 0 Å². The molecule has 0 aliphatic heterocycles. The molecule has 1 aromatic carbocycles. The van der Waals surface area contributed by atoms with E-state index in [0.29, 0.717) is 5.69 Å². The van der Waals surface area contributed by atoms with E-state index in [9.17, 15) is 26.0 Å². The second-order valence-electron chi connectivity index (χ2n) is 5.94. The van der Waals surface area contributed by atoms with Gasteiger partial charge in [0.15, 0.2) is 0 Å². The Balaban J connectivity index is 1.73. The van der Waals surface area contributed by atoms with Crippen LogP contribution in [0.25, 0.3) is 0 Å². The highest BCUT2D eigenvalue weighted by molar-refractivity contribution is 7.89. The number of alkyl halides is 3. The van der Waals surface area contributed by atoms with E-state index >= 15 is 0 Å². The van der Waals surface area contributed by atoms with Gasteiger partial charge in [0.2, 0.25) is 10.0 Å². The minimum absolute atomic E-state index is 0.00652. The predicted octanol–water partition coefficient (Wildman–Crippen LogP) is 3.03. The Morgan fingerprint density at radius 1 is 1.15 bits per heavy atom. The van der Waals surface area contributed by atoms with E-state index in [1.54, 1.807) is 0 Å². The molecule has 1 aliphatic carbocycles. The molecule has 1 N–H and O–H groups in total. The van der Waals surface area contributed by atoms with Crippen molar-refractivity contribution in [1.82, 2.24) is 14.7 Å². The molecule has 0 radical (unpaired) electrons. The van der Waals surface area contributed by atoms with Crippen molar-refractivity contribution < 1.29 is 26.0 Å². The van der Waals surface area contributed by atoms with Crippen molar-refractivity contribution in [2.75, 3.05) is 6.54 Å². The summed E-state index contributed by atoms with van der Waals surface area (Å²) in [5.74, 6) is -1.02. The number of sulfonamides is 1. The quantitative estimate of drug-likeness (QED) is 0.771. The summed E-state index contributed by atoms with van der Waals surface area (Å²) in [6.45, 7) is -0.248.